The lowest BCUT2D eigenvalue weighted by Gasteiger charge is -2.38. The molecule has 2 unspecified atom stereocenters. The summed E-state index contributed by atoms with van der Waals surface area (Å²) in [6.45, 7) is -0.297. The van der Waals surface area contributed by atoms with Crippen molar-refractivity contribution in [2.24, 2.45) is 11.5 Å². The summed E-state index contributed by atoms with van der Waals surface area (Å²) in [4.78, 5) is 111. The molecule has 6 amide bonds. The minimum atomic E-state index is -1.73. The maximum atomic E-state index is 14.3. The lowest BCUT2D eigenvalue weighted by atomic mass is 9.87. The number of rotatable bonds is 23. The molecule has 0 bridgehead atoms. The Balaban J connectivity index is 1.58. The van der Waals surface area contributed by atoms with Crippen LogP contribution in [0.4, 0.5) is 0 Å². The lowest BCUT2D eigenvalue weighted by Crippen LogP contribution is -2.66. The second-order valence-corrected chi connectivity index (χ2v) is 15.6. The third-order valence-electron chi connectivity index (χ3n) is 10.2. The highest BCUT2D eigenvalue weighted by molar-refractivity contribution is 7.13. The average molecular weight is 882 g/mol. The van der Waals surface area contributed by atoms with Gasteiger partial charge in [-0.15, -0.1) is 0 Å². The van der Waals surface area contributed by atoms with E-state index >= 15 is 0 Å². The topological polar surface area (TPSA) is 283 Å². The molecule has 1 aromatic heterocycles. The minimum Gasteiger partial charge on any atom is -0.452 e. The quantitative estimate of drug-likeness (QED) is 0.0439. The number of fused-ring (bicyclic) bond motifs is 1. The van der Waals surface area contributed by atoms with E-state index in [0.717, 1.165) is 16.3 Å². The second-order valence-electron chi connectivity index (χ2n) is 15.0. The summed E-state index contributed by atoms with van der Waals surface area (Å²) in [6.07, 6.45) is 2.26. The minimum absolute atomic E-state index is 0.0354. The molecule has 1 saturated heterocycles. The number of nitrogens with one attached hydrogen (secondary N) is 5. The number of aromatic nitrogens is 1. The van der Waals surface area contributed by atoms with Gasteiger partial charge in [0.1, 0.15) is 29.4 Å². The van der Waals surface area contributed by atoms with Crippen LogP contribution in [-0.4, -0.2) is 120 Å². The van der Waals surface area contributed by atoms with E-state index < -0.39 is 77.0 Å². The van der Waals surface area contributed by atoms with Crippen molar-refractivity contribution in [1.82, 2.24) is 36.2 Å². The monoisotopic (exact) mass is 881 g/mol. The van der Waals surface area contributed by atoms with Crippen LogP contribution in [0.25, 0.3) is 10.8 Å². The second kappa shape index (κ2) is 23.0. The van der Waals surface area contributed by atoms with Crippen molar-refractivity contribution in [2.45, 2.75) is 74.1 Å². The lowest BCUT2D eigenvalue weighted by molar-refractivity contribution is -0.141. The highest BCUT2D eigenvalue weighted by Gasteiger charge is 2.44. The molecule has 328 valence electrons. The Morgan fingerprint density at radius 3 is 2.26 bits per heavy atom. The number of pyridine rings is 1. The predicted molar refractivity (Wildman–Crippen MR) is 229 cm³/mol. The molecule has 1 aliphatic rings. The SMILES string of the molecule is CN(CC(N)=O)C[C@@](C=O)(Cc1cccnc1)NC(=O)[C@H](CC(N)=O)NC(=O)[C@H](CCC(=O)OP)NC(=O)C1(NC(=O)[C@H](Cc2ccc3ccccc3c2)NP)CCOCC1. The number of ether oxygens (including phenoxy) is 1. The van der Waals surface area contributed by atoms with E-state index in [4.69, 9.17) is 16.2 Å². The molecular weight excluding hydrogens is 828 g/mol. The van der Waals surface area contributed by atoms with Gasteiger partial charge >= 0.3 is 5.97 Å². The van der Waals surface area contributed by atoms with Crippen molar-refractivity contribution >= 4 is 77.3 Å². The van der Waals surface area contributed by atoms with E-state index in [9.17, 15) is 38.4 Å². The van der Waals surface area contributed by atoms with Gasteiger partial charge in [-0.25, -0.2) is 0 Å². The number of nitrogens with two attached hydrogens (primary N) is 2. The van der Waals surface area contributed by atoms with E-state index in [2.05, 4.69) is 45.3 Å². The Morgan fingerprint density at radius 1 is 0.918 bits per heavy atom. The van der Waals surface area contributed by atoms with Crippen LogP contribution in [0.15, 0.2) is 67.0 Å². The summed E-state index contributed by atoms with van der Waals surface area (Å²) >= 11 is 0. The first-order valence-electron chi connectivity index (χ1n) is 19.4. The van der Waals surface area contributed by atoms with E-state index in [0.29, 0.717) is 11.8 Å². The number of primary amides is 2. The van der Waals surface area contributed by atoms with Crippen molar-refractivity contribution in [3.05, 3.63) is 78.1 Å². The highest BCUT2D eigenvalue weighted by atomic mass is 31.0. The molecule has 2 aromatic carbocycles. The van der Waals surface area contributed by atoms with E-state index in [1.54, 1.807) is 21.6 Å². The van der Waals surface area contributed by atoms with Crippen molar-refractivity contribution in [2.75, 3.05) is 33.4 Å². The van der Waals surface area contributed by atoms with Gasteiger partial charge in [-0.3, -0.25) is 48.5 Å². The normalized spacial score (nSPS) is 15.9. The van der Waals surface area contributed by atoms with Crippen molar-refractivity contribution < 1.29 is 47.6 Å². The van der Waals surface area contributed by atoms with Crippen molar-refractivity contribution in [1.29, 1.82) is 0 Å². The molecule has 1 aliphatic heterocycles. The number of aldehydes is 1. The Morgan fingerprint density at radius 2 is 1.64 bits per heavy atom. The zero-order chi connectivity index (χ0) is 44.6. The van der Waals surface area contributed by atoms with Gasteiger partial charge in [0.05, 0.1) is 28.5 Å². The summed E-state index contributed by atoms with van der Waals surface area (Å²) < 4.78 is 10.2. The van der Waals surface area contributed by atoms with Crippen LogP contribution in [-0.2, 0) is 60.5 Å². The molecule has 2 heterocycles. The number of benzene rings is 2. The molecule has 21 heteroatoms. The molecule has 1 fully saturated rings. The number of likely N-dealkylation sites (N-methyl/N-ethyl adjacent to an activating group) is 1. The molecule has 6 atom stereocenters. The molecule has 61 heavy (non-hydrogen) atoms. The molecule has 3 aromatic rings. The molecule has 4 rings (SSSR count). The zero-order valence-corrected chi connectivity index (χ0v) is 36.0. The maximum absolute atomic E-state index is 14.3. The Labute approximate surface area is 357 Å². The van der Waals surface area contributed by atoms with Gasteiger partial charge in [0.2, 0.25) is 35.4 Å². The number of carbonyl (C=O) groups is 8. The average Bonchev–Trinajstić information content (AvgIpc) is 3.23. The molecule has 0 spiro atoms. The van der Waals surface area contributed by atoms with Gasteiger partial charge in [0.25, 0.3) is 0 Å². The standard InChI is InChI=1S/C40H53N9O10P2/c1-49(22-33(42)52)23-39(24-50,20-26-5-4-14-43-21-26)46-36(55)30(19-32(41)51)44-35(54)29(10-11-34(53)59-61)45-38(57)40(12-15-58-16-13-40)47-37(56)31(48-60)18-25-8-9-27-6-2-3-7-28(27)17-25/h2-9,14,17,21,24,29-31,48H,10-13,15-16,18-20,22-23,60-61H2,1H3,(H2,41,51)(H2,42,52)(H,44,54)(H,45,57)(H,46,55)(H,47,56)/t29-,30-,31-,39+/m0/s1. The number of nitrogens with zero attached hydrogens (tertiary/aromatic N) is 2. The Bertz CT molecular complexity index is 2060. The van der Waals surface area contributed by atoms with Gasteiger partial charge in [-0.2, -0.15) is 0 Å². The molecule has 9 N–H and O–H groups in total. The fourth-order valence-corrected chi connectivity index (χ4v) is 7.49. The molecular formula is C40H53N9O10P2. The van der Waals surface area contributed by atoms with Gasteiger partial charge in [-0.1, -0.05) is 57.9 Å². The summed E-state index contributed by atoms with van der Waals surface area (Å²) in [5.41, 5.74) is 8.98. The van der Waals surface area contributed by atoms with Crippen LogP contribution in [0.3, 0.4) is 0 Å². The van der Waals surface area contributed by atoms with Crippen molar-refractivity contribution in [3.8, 4) is 0 Å². The first-order chi connectivity index (χ1) is 29.1. The first kappa shape index (κ1) is 48.2. The van der Waals surface area contributed by atoms with E-state index in [1.165, 1.54) is 24.3 Å². The Hall–Kier alpha value is -5.45. The van der Waals surface area contributed by atoms with Crippen LogP contribution >= 0.6 is 18.9 Å². The number of hydrogen-bond donors (Lipinski definition) is 7. The van der Waals surface area contributed by atoms with Crippen LogP contribution < -0.4 is 37.8 Å². The van der Waals surface area contributed by atoms with Gasteiger partial charge < -0.3 is 46.8 Å². The molecule has 0 aliphatic carbocycles. The van der Waals surface area contributed by atoms with Crippen LogP contribution in [0.1, 0.15) is 43.2 Å². The van der Waals surface area contributed by atoms with E-state index in [-0.39, 0.29) is 64.8 Å². The largest absolute Gasteiger partial charge is 0.452 e. The molecule has 19 nitrogen and oxygen atoms in total. The van der Waals surface area contributed by atoms with E-state index in [1.807, 2.05) is 42.5 Å². The van der Waals surface area contributed by atoms with Gasteiger partial charge in [-0.05, 0) is 47.9 Å². The fourth-order valence-electron chi connectivity index (χ4n) is 7.10. The summed E-state index contributed by atoms with van der Waals surface area (Å²) in [5.74, 6) is -5.69. The van der Waals surface area contributed by atoms with Crippen LogP contribution in [0.5, 0.6) is 0 Å². The predicted octanol–water partition coefficient (Wildman–Crippen LogP) is -1.14. The highest BCUT2D eigenvalue weighted by Crippen LogP contribution is 2.24. The fraction of sp³-hybridized carbons (Fsp3) is 0.425. The summed E-state index contributed by atoms with van der Waals surface area (Å²) in [7, 11) is 5.63. The van der Waals surface area contributed by atoms with Crippen LogP contribution in [0, 0.1) is 0 Å². The summed E-state index contributed by atoms with van der Waals surface area (Å²) in [6, 6.07) is 12.9. The third-order valence-corrected chi connectivity index (χ3v) is 10.8. The number of amides is 6. The van der Waals surface area contributed by atoms with Crippen LogP contribution in [0.2, 0.25) is 0 Å². The Kier molecular flexibility index (Phi) is 18.1. The number of hydrogen-bond acceptors (Lipinski definition) is 13. The maximum Gasteiger partial charge on any atom is 0.308 e. The third kappa shape index (κ3) is 14.3. The molecule has 0 radical (unpaired) electrons. The molecule has 0 saturated carbocycles. The number of carbonyl (C=O) groups excluding carboxylic acids is 8. The van der Waals surface area contributed by atoms with Gasteiger partial charge in [0, 0.05) is 57.8 Å². The van der Waals surface area contributed by atoms with Gasteiger partial charge in [0.15, 0.2) is 0 Å². The zero-order valence-electron chi connectivity index (χ0n) is 33.7. The smallest absolute Gasteiger partial charge is 0.308 e. The first-order valence-corrected chi connectivity index (χ1v) is 20.4. The summed E-state index contributed by atoms with van der Waals surface area (Å²) in [5, 5.41) is 15.6. The van der Waals surface area contributed by atoms with Crippen molar-refractivity contribution in [3.63, 3.8) is 0 Å².